The molecule has 1 rings (SSSR count). The van der Waals surface area contributed by atoms with Crippen molar-refractivity contribution in [3.05, 3.63) is 23.8 Å². The summed E-state index contributed by atoms with van der Waals surface area (Å²) in [5.74, 6) is 0.310. The Morgan fingerprint density at radius 2 is 2.10 bits per heavy atom. The molecule has 0 spiro atoms. The summed E-state index contributed by atoms with van der Waals surface area (Å²) < 4.78 is 0. The normalized spacial score (nSPS) is 12.2. The monoisotopic (exact) mass is 279 g/mol. The summed E-state index contributed by atoms with van der Waals surface area (Å²) in [6.45, 7) is 6.64. The summed E-state index contributed by atoms with van der Waals surface area (Å²) in [6.07, 6.45) is 0.820. The van der Waals surface area contributed by atoms with Crippen molar-refractivity contribution in [2.45, 2.75) is 33.2 Å². The zero-order valence-electron chi connectivity index (χ0n) is 12.4. The molecule has 1 aromatic carbocycles. The Labute approximate surface area is 120 Å². The van der Waals surface area contributed by atoms with Gasteiger partial charge in [0.05, 0.1) is 12.2 Å². The fourth-order valence-electron chi connectivity index (χ4n) is 2.10. The second-order valence-corrected chi connectivity index (χ2v) is 5.32. The fraction of sp³-hybridized carbons (Fsp3) is 0.533. The summed E-state index contributed by atoms with van der Waals surface area (Å²) in [4.78, 5) is 12.0. The lowest BCUT2D eigenvalue weighted by Gasteiger charge is -2.21. The van der Waals surface area contributed by atoms with Gasteiger partial charge in [-0.1, -0.05) is 13.8 Å². The van der Waals surface area contributed by atoms with Gasteiger partial charge < -0.3 is 21.5 Å². The molecule has 0 heterocycles. The molecule has 0 saturated carbocycles. The Morgan fingerprint density at radius 1 is 1.40 bits per heavy atom. The summed E-state index contributed by atoms with van der Waals surface area (Å²) in [6, 6.07) is 5.04. The number of hydrogen-bond acceptors (Lipinski definition) is 4. The van der Waals surface area contributed by atoms with Crippen molar-refractivity contribution in [2.75, 3.05) is 24.2 Å². The van der Waals surface area contributed by atoms with Crippen LogP contribution >= 0.6 is 0 Å². The number of nitrogens with two attached hydrogens (primary N) is 1. The van der Waals surface area contributed by atoms with Crippen molar-refractivity contribution in [3.63, 3.8) is 0 Å². The van der Waals surface area contributed by atoms with Crippen LogP contribution in [0, 0.1) is 5.92 Å². The maximum Gasteiger partial charge on any atom is 0.253 e. The van der Waals surface area contributed by atoms with Gasteiger partial charge in [0.2, 0.25) is 0 Å². The molecule has 1 atom stereocenters. The smallest absolute Gasteiger partial charge is 0.253 e. The lowest BCUT2D eigenvalue weighted by atomic mass is 10.0. The van der Waals surface area contributed by atoms with Crippen LogP contribution in [0.4, 0.5) is 11.4 Å². The average Bonchev–Trinajstić information content (AvgIpc) is 2.37. The largest absolute Gasteiger partial charge is 0.399 e. The molecule has 0 saturated heterocycles. The Kier molecular flexibility index (Phi) is 6.31. The molecule has 0 aliphatic heterocycles. The molecule has 0 aromatic heterocycles. The Bertz CT molecular complexity index is 447. The molecule has 1 unspecified atom stereocenters. The lowest BCUT2D eigenvalue weighted by Crippen LogP contribution is -2.29. The summed E-state index contributed by atoms with van der Waals surface area (Å²) in [7, 11) is 0. The number of anilines is 2. The molecule has 5 N–H and O–H groups in total. The highest BCUT2D eigenvalue weighted by Gasteiger charge is 2.15. The van der Waals surface area contributed by atoms with Crippen LogP contribution < -0.4 is 16.4 Å². The van der Waals surface area contributed by atoms with Gasteiger partial charge in [-0.2, -0.15) is 0 Å². The predicted molar refractivity (Wildman–Crippen MR) is 82.8 cm³/mol. The van der Waals surface area contributed by atoms with Gasteiger partial charge in [-0.25, -0.2) is 0 Å². The first-order chi connectivity index (χ1) is 9.47. The van der Waals surface area contributed by atoms with Gasteiger partial charge in [-0.05, 0) is 37.5 Å². The van der Waals surface area contributed by atoms with Crippen LogP contribution in [0.15, 0.2) is 18.2 Å². The van der Waals surface area contributed by atoms with Gasteiger partial charge >= 0.3 is 0 Å². The number of aliphatic hydroxyl groups is 1. The van der Waals surface area contributed by atoms with Crippen molar-refractivity contribution in [1.29, 1.82) is 0 Å². The van der Waals surface area contributed by atoms with E-state index in [-0.39, 0.29) is 18.6 Å². The van der Waals surface area contributed by atoms with Crippen LogP contribution in [0.3, 0.4) is 0 Å². The zero-order valence-corrected chi connectivity index (χ0v) is 12.4. The number of carbonyl (C=O) groups is 1. The van der Waals surface area contributed by atoms with E-state index >= 15 is 0 Å². The van der Waals surface area contributed by atoms with E-state index in [2.05, 4.69) is 24.5 Å². The molecule has 1 amide bonds. The second-order valence-electron chi connectivity index (χ2n) is 5.32. The van der Waals surface area contributed by atoms with E-state index in [0.29, 0.717) is 29.4 Å². The molecule has 5 nitrogen and oxygen atoms in total. The molecule has 0 bridgehead atoms. The highest BCUT2D eigenvalue weighted by molar-refractivity contribution is 6.00. The molecular formula is C15H25N3O2. The molecular weight excluding hydrogens is 254 g/mol. The minimum absolute atomic E-state index is 0.0157. The number of hydrogen-bond donors (Lipinski definition) is 4. The second kappa shape index (κ2) is 7.75. The molecule has 0 aliphatic carbocycles. The molecule has 0 fully saturated rings. The topological polar surface area (TPSA) is 87.4 Å². The van der Waals surface area contributed by atoms with E-state index in [9.17, 15) is 9.90 Å². The number of nitrogens with one attached hydrogen (secondary N) is 2. The van der Waals surface area contributed by atoms with Crippen LogP contribution in [0.2, 0.25) is 0 Å². The summed E-state index contributed by atoms with van der Waals surface area (Å²) in [5.41, 5.74) is 7.58. The molecule has 0 radical (unpaired) electrons. The van der Waals surface area contributed by atoms with Gasteiger partial charge in [0.25, 0.3) is 5.91 Å². The summed E-state index contributed by atoms with van der Waals surface area (Å²) in [5, 5.41) is 15.4. The van der Waals surface area contributed by atoms with Crippen LogP contribution in [-0.4, -0.2) is 30.2 Å². The Morgan fingerprint density at radius 3 is 2.65 bits per heavy atom. The highest BCUT2D eigenvalue weighted by Crippen LogP contribution is 2.21. The molecule has 1 aromatic rings. The van der Waals surface area contributed by atoms with Crippen molar-refractivity contribution >= 4 is 17.3 Å². The predicted octanol–water partition coefficient (Wildman–Crippen LogP) is 1.84. The molecule has 20 heavy (non-hydrogen) atoms. The van der Waals surface area contributed by atoms with Gasteiger partial charge in [-0.15, -0.1) is 0 Å². The van der Waals surface area contributed by atoms with E-state index in [4.69, 9.17) is 5.73 Å². The Hall–Kier alpha value is -1.75. The third-order valence-corrected chi connectivity index (χ3v) is 2.96. The SMILES string of the molecule is CCNC(=O)c1ccc(N)cc1NC(CO)CC(C)C. The van der Waals surface area contributed by atoms with E-state index in [0.717, 1.165) is 6.42 Å². The first kappa shape index (κ1) is 16.3. The van der Waals surface area contributed by atoms with Gasteiger partial charge in [0.1, 0.15) is 0 Å². The quantitative estimate of drug-likeness (QED) is 0.574. The van der Waals surface area contributed by atoms with Gasteiger partial charge in [-0.3, -0.25) is 4.79 Å². The van der Waals surface area contributed by atoms with Crippen molar-refractivity contribution in [2.24, 2.45) is 5.92 Å². The van der Waals surface area contributed by atoms with Crippen LogP contribution in [-0.2, 0) is 0 Å². The number of aliphatic hydroxyl groups excluding tert-OH is 1. The van der Waals surface area contributed by atoms with Crippen LogP contribution in [0.5, 0.6) is 0 Å². The van der Waals surface area contributed by atoms with E-state index in [1.165, 1.54) is 0 Å². The molecule has 5 heteroatoms. The third-order valence-electron chi connectivity index (χ3n) is 2.96. The van der Waals surface area contributed by atoms with Crippen molar-refractivity contribution in [3.8, 4) is 0 Å². The number of rotatable bonds is 7. The standard InChI is InChI=1S/C15H25N3O2/c1-4-17-15(20)13-6-5-11(16)8-14(13)18-12(9-19)7-10(2)3/h5-6,8,10,12,18-19H,4,7,9,16H2,1-3H3,(H,17,20). The first-order valence-electron chi connectivity index (χ1n) is 7.03. The van der Waals surface area contributed by atoms with Crippen LogP contribution in [0.1, 0.15) is 37.6 Å². The third kappa shape index (κ3) is 4.74. The maximum absolute atomic E-state index is 12.0. The minimum atomic E-state index is -0.142. The molecule has 0 aliphatic rings. The van der Waals surface area contributed by atoms with E-state index < -0.39 is 0 Å². The minimum Gasteiger partial charge on any atom is -0.399 e. The van der Waals surface area contributed by atoms with Crippen LogP contribution in [0.25, 0.3) is 0 Å². The van der Waals surface area contributed by atoms with Gasteiger partial charge in [0, 0.05) is 24.0 Å². The zero-order chi connectivity index (χ0) is 15.1. The van der Waals surface area contributed by atoms with E-state index in [1.54, 1.807) is 18.2 Å². The number of amides is 1. The van der Waals surface area contributed by atoms with Crippen molar-refractivity contribution in [1.82, 2.24) is 5.32 Å². The van der Waals surface area contributed by atoms with Gasteiger partial charge in [0.15, 0.2) is 0 Å². The first-order valence-corrected chi connectivity index (χ1v) is 7.03. The van der Waals surface area contributed by atoms with E-state index in [1.807, 2.05) is 6.92 Å². The maximum atomic E-state index is 12.0. The lowest BCUT2D eigenvalue weighted by molar-refractivity contribution is 0.0956. The number of carbonyl (C=O) groups excluding carboxylic acids is 1. The number of nitrogen functional groups attached to an aromatic ring is 1. The molecule has 112 valence electrons. The fourth-order valence-corrected chi connectivity index (χ4v) is 2.10. The Balaban J connectivity index is 2.96. The highest BCUT2D eigenvalue weighted by atomic mass is 16.3. The average molecular weight is 279 g/mol. The summed E-state index contributed by atoms with van der Waals surface area (Å²) >= 11 is 0. The van der Waals surface area contributed by atoms with Crippen molar-refractivity contribution < 1.29 is 9.90 Å². The number of benzene rings is 1.